The third-order valence-electron chi connectivity index (χ3n) is 5.15. The Balaban J connectivity index is 1.65. The van der Waals surface area contributed by atoms with E-state index in [2.05, 4.69) is 5.32 Å². The summed E-state index contributed by atoms with van der Waals surface area (Å²) in [5.41, 5.74) is -3.12. The van der Waals surface area contributed by atoms with Crippen LogP contribution in [0.25, 0.3) is 0 Å². The quantitative estimate of drug-likeness (QED) is 0.789. The van der Waals surface area contributed by atoms with Crippen molar-refractivity contribution in [1.29, 1.82) is 0 Å². The van der Waals surface area contributed by atoms with Gasteiger partial charge in [-0.05, 0) is 25.7 Å². The number of alkyl halides is 1. The second kappa shape index (κ2) is 5.68. The zero-order valence-electron chi connectivity index (χ0n) is 12.9. The van der Waals surface area contributed by atoms with Gasteiger partial charge >= 0.3 is 12.0 Å². The number of amides is 2. The SMILES string of the molecule is CCOC(=O)C1(F)CN(C(=O)NCC2CCC2)CC12COC2. The Bertz CT molecular complexity index is 464. The molecule has 0 radical (unpaired) electrons. The number of carbonyl (C=O) groups is 2. The van der Waals surface area contributed by atoms with Gasteiger partial charge in [0, 0.05) is 13.1 Å². The van der Waals surface area contributed by atoms with Gasteiger partial charge in [0.15, 0.2) is 0 Å². The highest BCUT2D eigenvalue weighted by Crippen LogP contribution is 2.48. The summed E-state index contributed by atoms with van der Waals surface area (Å²) in [6.45, 7) is 2.62. The number of halogens is 1. The molecule has 1 N–H and O–H groups in total. The summed E-state index contributed by atoms with van der Waals surface area (Å²) in [7, 11) is 0. The summed E-state index contributed by atoms with van der Waals surface area (Å²) in [5, 5.41) is 2.85. The molecule has 2 amide bonds. The Morgan fingerprint density at radius 3 is 2.59 bits per heavy atom. The lowest BCUT2D eigenvalue weighted by Crippen LogP contribution is -2.61. The molecule has 1 spiro atoms. The number of urea groups is 1. The highest BCUT2D eigenvalue weighted by atomic mass is 19.1. The van der Waals surface area contributed by atoms with Crippen LogP contribution in [-0.4, -0.2) is 62.0 Å². The average Bonchev–Trinajstić information content (AvgIpc) is 2.72. The smallest absolute Gasteiger partial charge is 0.346 e. The molecule has 7 heteroatoms. The molecular formula is C15H23FN2O4. The fourth-order valence-electron chi connectivity index (χ4n) is 3.36. The summed E-state index contributed by atoms with van der Waals surface area (Å²) in [5.74, 6) is -0.347. The first kappa shape index (κ1) is 15.5. The van der Waals surface area contributed by atoms with Crippen LogP contribution < -0.4 is 5.32 Å². The lowest BCUT2D eigenvalue weighted by atomic mass is 9.74. The summed E-state index contributed by atoms with van der Waals surface area (Å²) in [4.78, 5) is 25.7. The minimum absolute atomic E-state index is 0.120. The van der Waals surface area contributed by atoms with Gasteiger partial charge in [-0.15, -0.1) is 0 Å². The maximum atomic E-state index is 15.3. The summed E-state index contributed by atoms with van der Waals surface area (Å²) in [6, 6.07) is -0.304. The van der Waals surface area contributed by atoms with E-state index in [4.69, 9.17) is 9.47 Å². The number of hydrogen-bond donors (Lipinski definition) is 1. The molecule has 1 saturated carbocycles. The van der Waals surface area contributed by atoms with Crippen molar-refractivity contribution in [3.63, 3.8) is 0 Å². The summed E-state index contributed by atoms with van der Waals surface area (Å²) < 4.78 is 25.3. The predicted molar refractivity (Wildman–Crippen MR) is 76.0 cm³/mol. The minimum atomic E-state index is -2.17. The minimum Gasteiger partial charge on any atom is -0.464 e. The number of likely N-dealkylation sites (tertiary alicyclic amines) is 1. The largest absolute Gasteiger partial charge is 0.464 e. The van der Waals surface area contributed by atoms with Crippen LogP contribution in [0.15, 0.2) is 0 Å². The molecule has 6 nitrogen and oxygen atoms in total. The van der Waals surface area contributed by atoms with E-state index in [9.17, 15) is 9.59 Å². The number of carbonyl (C=O) groups excluding carboxylic acids is 2. The van der Waals surface area contributed by atoms with Crippen LogP contribution in [0.4, 0.5) is 9.18 Å². The molecule has 0 aromatic carbocycles. The molecule has 2 heterocycles. The first-order valence-electron chi connectivity index (χ1n) is 7.97. The fourth-order valence-corrected chi connectivity index (χ4v) is 3.36. The van der Waals surface area contributed by atoms with Gasteiger partial charge in [-0.1, -0.05) is 6.42 Å². The highest BCUT2D eigenvalue weighted by molar-refractivity contribution is 5.84. The van der Waals surface area contributed by atoms with Crippen molar-refractivity contribution in [3.8, 4) is 0 Å². The van der Waals surface area contributed by atoms with Gasteiger partial charge in [-0.25, -0.2) is 14.0 Å². The Hall–Kier alpha value is -1.37. The molecule has 1 unspecified atom stereocenters. The first-order valence-corrected chi connectivity index (χ1v) is 7.97. The third-order valence-corrected chi connectivity index (χ3v) is 5.15. The van der Waals surface area contributed by atoms with Crippen LogP contribution in [0.3, 0.4) is 0 Å². The lowest BCUT2D eigenvalue weighted by molar-refractivity contribution is -0.196. The Kier molecular flexibility index (Phi) is 4.01. The van der Waals surface area contributed by atoms with Crippen molar-refractivity contribution >= 4 is 12.0 Å². The number of esters is 1. The van der Waals surface area contributed by atoms with Gasteiger partial charge in [-0.3, -0.25) is 0 Å². The van der Waals surface area contributed by atoms with E-state index in [1.165, 1.54) is 11.3 Å². The first-order chi connectivity index (χ1) is 10.5. The molecular weight excluding hydrogens is 291 g/mol. The number of nitrogens with zero attached hydrogens (tertiary/aromatic N) is 1. The Labute approximate surface area is 129 Å². The molecule has 22 heavy (non-hydrogen) atoms. The van der Waals surface area contributed by atoms with Gasteiger partial charge < -0.3 is 19.7 Å². The van der Waals surface area contributed by atoms with E-state index >= 15 is 4.39 Å². The maximum absolute atomic E-state index is 15.3. The van der Waals surface area contributed by atoms with E-state index in [1.54, 1.807) is 6.92 Å². The van der Waals surface area contributed by atoms with Crippen LogP contribution in [-0.2, 0) is 14.3 Å². The molecule has 124 valence electrons. The van der Waals surface area contributed by atoms with Crippen molar-refractivity contribution in [2.75, 3.05) is 39.5 Å². The predicted octanol–water partition coefficient (Wildman–Crippen LogP) is 1.10. The third kappa shape index (κ3) is 2.35. The van der Waals surface area contributed by atoms with Crippen LogP contribution in [0.1, 0.15) is 26.2 Å². The molecule has 2 aliphatic heterocycles. The van der Waals surface area contributed by atoms with E-state index in [0.717, 1.165) is 12.8 Å². The molecule has 1 aliphatic carbocycles. The van der Waals surface area contributed by atoms with Crippen LogP contribution in [0.2, 0.25) is 0 Å². The topological polar surface area (TPSA) is 67.9 Å². The molecule has 3 fully saturated rings. The number of rotatable bonds is 4. The molecule has 2 saturated heterocycles. The average molecular weight is 314 g/mol. The standard InChI is InChI=1S/C15H23FN2O4/c1-2-22-12(19)15(16)8-18(7-14(15)9-21-10-14)13(20)17-6-11-4-3-5-11/h11H,2-10H2,1H3,(H,17,20). The van der Waals surface area contributed by atoms with Gasteiger partial charge in [0.1, 0.15) is 0 Å². The Morgan fingerprint density at radius 2 is 2.09 bits per heavy atom. The molecule has 0 aromatic rings. The summed E-state index contributed by atoms with van der Waals surface area (Å²) in [6.07, 6.45) is 3.48. The fraction of sp³-hybridized carbons (Fsp3) is 0.867. The molecule has 3 rings (SSSR count). The number of hydrogen-bond acceptors (Lipinski definition) is 4. The maximum Gasteiger partial charge on any atom is 0.346 e. The second-order valence-corrected chi connectivity index (χ2v) is 6.63. The van der Waals surface area contributed by atoms with Crippen LogP contribution >= 0.6 is 0 Å². The zero-order valence-corrected chi connectivity index (χ0v) is 12.9. The van der Waals surface area contributed by atoms with Crippen LogP contribution in [0.5, 0.6) is 0 Å². The number of nitrogens with one attached hydrogen (secondary N) is 1. The van der Waals surface area contributed by atoms with Crippen molar-refractivity contribution in [2.24, 2.45) is 11.3 Å². The second-order valence-electron chi connectivity index (χ2n) is 6.63. The molecule has 0 bridgehead atoms. The van der Waals surface area contributed by atoms with Crippen molar-refractivity contribution in [2.45, 2.75) is 31.9 Å². The molecule has 0 aromatic heterocycles. The lowest BCUT2D eigenvalue weighted by Gasteiger charge is -2.43. The number of ether oxygens (including phenoxy) is 2. The van der Waals surface area contributed by atoms with Gasteiger partial charge in [-0.2, -0.15) is 0 Å². The monoisotopic (exact) mass is 314 g/mol. The summed E-state index contributed by atoms with van der Waals surface area (Å²) >= 11 is 0. The normalized spacial score (nSPS) is 29.8. The van der Waals surface area contributed by atoms with E-state index < -0.39 is 17.1 Å². The van der Waals surface area contributed by atoms with Gasteiger partial charge in [0.2, 0.25) is 5.67 Å². The van der Waals surface area contributed by atoms with Crippen molar-refractivity contribution in [3.05, 3.63) is 0 Å². The van der Waals surface area contributed by atoms with E-state index in [1.807, 2.05) is 0 Å². The zero-order chi connectivity index (χ0) is 15.8. The molecule has 3 aliphatic rings. The van der Waals surface area contributed by atoms with Crippen molar-refractivity contribution < 1.29 is 23.5 Å². The van der Waals surface area contributed by atoms with E-state index in [0.29, 0.717) is 12.5 Å². The molecule has 1 atom stereocenters. The van der Waals surface area contributed by atoms with E-state index in [-0.39, 0.29) is 38.9 Å². The van der Waals surface area contributed by atoms with Crippen LogP contribution in [0, 0.1) is 11.3 Å². The van der Waals surface area contributed by atoms with Gasteiger partial charge in [0.25, 0.3) is 0 Å². The highest BCUT2D eigenvalue weighted by Gasteiger charge is 2.68. The van der Waals surface area contributed by atoms with Crippen molar-refractivity contribution in [1.82, 2.24) is 10.2 Å². The van der Waals surface area contributed by atoms with Gasteiger partial charge in [0.05, 0.1) is 31.8 Å². The Morgan fingerprint density at radius 1 is 1.36 bits per heavy atom.